The molecule has 0 aromatic heterocycles. The molecule has 0 unspecified atom stereocenters. The molecule has 0 atom stereocenters. The predicted molar refractivity (Wildman–Crippen MR) is 58.4 cm³/mol. The number of rotatable bonds is 4. The van der Waals surface area contributed by atoms with Crippen molar-refractivity contribution in [1.82, 2.24) is 5.32 Å². The van der Waals surface area contributed by atoms with E-state index in [1.54, 1.807) is 13.8 Å². The Morgan fingerprint density at radius 2 is 2.00 bits per heavy atom. The lowest BCUT2D eigenvalue weighted by atomic mass is 10.1. The maximum atomic E-state index is 13.6. The fourth-order valence-corrected chi connectivity index (χ4v) is 1.52. The summed E-state index contributed by atoms with van der Waals surface area (Å²) in [6.45, 7) is 3.01. The lowest BCUT2D eigenvalue weighted by Gasteiger charge is -2.20. The molecular formula is C11H13ClF3N. The predicted octanol–water partition coefficient (Wildman–Crippen LogP) is 3.57. The average molecular weight is 252 g/mol. The fraction of sp³-hybridized carbons (Fsp3) is 0.455. The first-order valence-corrected chi connectivity index (χ1v) is 5.27. The third-order valence-electron chi connectivity index (χ3n) is 2.06. The van der Waals surface area contributed by atoms with Gasteiger partial charge in [0.25, 0.3) is 5.92 Å². The van der Waals surface area contributed by atoms with Gasteiger partial charge in [-0.15, -0.1) is 0 Å². The van der Waals surface area contributed by atoms with E-state index in [1.165, 1.54) is 0 Å². The van der Waals surface area contributed by atoms with E-state index in [4.69, 9.17) is 11.6 Å². The minimum absolute atomic E-state index is 0.0508. The monoisotopic (exact) mass is 251 g/mol. The Labute approximate surface area is 97.6 Å². The largest absolute Gasteiger partial charge is 0.309 e. The van der Waals surface area contributed by atoms with Gasteiger partial charge >= 0.3 is 0 Å². The van der Waals surface area contributed by atoms with Gasteiger partial charge < -0.3 is 5.32 Å². The van der Waals surface area contributed by atoms with E-state index < -0.39 is 18.3 Å². The van der Waals surface area contributed by atoms with Crippen molar-refractivity contribution in [3.63, 3.8) is 0 Å². The van der Waals surface area contributed by atoms with Crippen LogP contribution in [0.4, 0.5) is 13.2 Å². The third kappa shape index (κ3) is 3.39. The first-order chi connectivity index (χ1) is 7.33. The molecule has 0 amide bonds. The summed E-state index contributed by atoms with van der Waals surface area (Å²) in [6.07, 6.45) is 0. The zero-order valence-corrected chi connectivity index (χ0v) is 9.78. The molecule has 1 aromatic rings. The van der Waals surface area contributed by atoms with Gasteiger partial charge in [-0.3, -0.25) is 0 Å². The summed E-state index contributed by atoms with van der Waals surface area (Å²) in [6, 6.07) is 2.83. The lowest BCUT2D eigenvalue weighted by Crippen LogP contribution is -2.35. The first kappa shape index (κ1) is 13.3. The van der Waals surface area contributed by atoms with Gasteiger partial charge in [-0.05, 0) is 18.2 Å². The molecule has 16 heavy (non-hydrogen) atoms. The molecule has 90 valence electrons. The van der Waals surface area contributed by atoms with Crippen LogP contribution in [0.1, 0.15) is 19.4 Å². The van der Waals surface area contributed by atoms with Gasteiger partial charge in [0.1, 0.15) is 5.82 Å². The molecule has 0 fully saturated rings. The quantitative estimate of drug-likeness (QED) is 0.863. The SMILES string of the molecule is CC(C)NCC(F)(F)c1ccc(F)cc1Cl. The van der Waals surface area contributed by atoms with Crippen LogP contribution >= 0.6 is 11.6 Å². The highest BCUT2D eigenvalue weighted by Gasteiger charge is 2.33. The molecule has 1 rings (SSSR count). The van der Waals surface area contributed by atoms with Gasteiger partial charge in [0, 0.05) is 11.6 Å². The van der Waals surface area contributed by atoms with Crippen molar-refractivity contribution in [2.45, 2.75) is 25.8 Å². The maximum Gasteiger partial charge on any atom is 0.286 e. The van der Waals surface area contributed by atoms with E-state index in [-0.39, 0.29) is 16.6 Å². The standard InChI is InChI=1S/C11H13ClF3N/c1-7(2)16-6-11(14,15)9-4-3-8(13)5-10(9)12/h3-5,7,16H,6H2,1-2H3. The van der Waals surface area contributed by atoms with Crippen LogP contribution in [0.25, 0.3) is 0 Å². The van der Waals surface area contributed by atoms with Gasteiger partial charge in [0.15, 0.2) is 0 Å². The molecular weight excluding hydrogens is 239 g/mol. The normalized spacial score (nSPS) is 12.2. The molecule has 1 N–H and O–H groups in total. The second-order valence-electron chi connectivity index (χ2n) is 3.86. The van der Waals surface area contributed by atoms with Crippen LogP contribution in [-0.4, -0.2) is 12.6 Å². The van der Waals surface area contributed by atoms with E-state index in [2.05, 4.69) is 5.32 Å². The minimum atomic E-state index is -3.10. The fourth-order valence-electron chi connectivity index (χ4n) is 1.21. The Bertz CT molecular complexity index is 366. The molecule has 0 bridgehead atoms. The van der Waals surface area contributed by atoms with Crippen LogP contribution in [0.3, 0.4) is 0 Å². The van der Waals surface area contributed by atoms with Gasteiger partial charge in [-0.1, -0.05) is 25.4 Å². The van der Waals surface area contributed by atoms with Crippen molar-refractivity contribution < 1.29 is 13.2 Å². The van der Waals surface area contributed by atoms with Crippen LogP contribution in [-0.2, 0) is 5.92 Å². The summed E-state index contributed by atoms with van der Waals surface area (Å²) in [4.78, 5) is 0. The zero-order chi connectivity index (χ0) is 12.3. The number of hydrogen-bond donors (Lipinski definition) is 1. The maximum absolute atomic E-state index is 13.6. The molecule has 5 heteroatoms. The zero-order valence-electron chi connectivity index (χ0n) is 9.03. The molecule has 0 saturated carbocycles. The molecule has 0 spiro atoms. The highest BCUT2D eigenvalue weighted by atomic mass is 35.5. The third-order valence-corrected chi connectivity index (χ3v) is 2.37. The Hall–Kier alpha value is -0.740. The summed E-state index contributed by atoms with van der Waals surface area (Å²) in [5, 5.41) is 2.37. The minimum Gasteiger partial charge on any atom is -0.309 e. The highest BCUT2D eigenvalue weighted by molar-refractivity contribution is 6.31. The first-order valence-electron chi connectivity index (χ1n) is 4.89. The van der Waals surface area contributed by atoms with Gasteiger partial charge in [-0.2, -0.15) is 8.78 Å². The van der Waals surface area contributed by atoms with Crippen LogP contribution < -0.4 is 5.32 Å². The summed E-state index contributed by atoms with van der Waals surface area (Å²) in [5.41, 5.74) is -0.358. The lowest BCUT2D eigenvalue weighted by molar-refractivity contribution is -0.00477. The van der Waals surface area contributed by atoms with Gasteiger partial charge in [0.2, 0.25) is 0 Å². The molecule has 0 saturated heterocycles. The molecule has 0 aliphatic carbocycles. The second kappa shape index (κ2) is 5.06. The van der Waals surface area contributed by atoms with E-state index in [9.17, 15) is 13.2 Å². The average Bonchev–Trinajstić information content (AvgIpc) is 2.14. The number of alkyl halides is 2. The Morgan fingerprint density at radius 3 is 2.50 bits per heavy atom. The molecule has 1 nitrogen and oxygen atoms in total. The van der Waals surface area contributed by atoms with Gasteiger partial charge in [0.05, 0.1) is 11.6 Å². The smallest absolute Gasteiger partial charge is 0.286 e. The van der Waals surface area contributed by atoms with Crippen LogP contribution in [0.5, 0.6) is 0 Å². The number of hydrogen-bond acceptors (Lipinski definition) is 1. The summed E-state index contributed by atoms with van der Waals surface area (Å²) < 4.78 is 40.0. The summed E-state index contributed by atoms with van der Waals surface area (Å²) in [7, 11) is 0. The number of halogens is 4. The Kier molecular flexibility index (Phi) is 4.21. The molecule has 0 heterocycles. The molecule has 0 radical (unpaired) electrons. The van der Waals surface area contributed by atoms with E-state index in [0.29, 0.717) is 0 Å². The molecule has 0 aliphatic heterocycles. The van der Waals surface area contributed by atoms with E-state index >= 15 is 0 Å². The molecule has 1 aromatic carbocycles. The Morgan fingerprint density at radius 1 is 1.38 bits per heavy atom. The van der Waals surface area contributed by atoms with Crippen LogP contribution in [0.2, 0.25) is 5.02 Å². The van der Waals surface area contributed by atoms with Crippen molar-refractivity contribution in [2.75, 3.05) is 6.54 Å². The van der Waals surface area contributed by atoms with Crippen molar-refractivity contribution in [1.29, 1.82) is 0 Å². The summed E-state index contributed by atoms with van der Waals surface area (Å²) >= 11 is 5.58. The van der Waals surface area contributed by atoms with Crippen molar-refractivity contribution >= 4 is 11.6 Å². The van der Waals surface area contributed by atoms with Crippen LogP contribution in [0, 0.1) is 5.82 Å². The topological polar surface area (TPSA) is 12.0 Å². The molecule has 0 aliphatic rings. The summed E-state index contributed by atoms with van der Waals surface area (Å²) in [5.74, 6) is -3.73. The van der Waals surface area contributed by atoms with Crippen molar-refractivity contribution in [3.05, 3.63) is 34.6 Å². The second-order valence-corrected chi connectivity index (χ2v) is 4.27. The number of nitrogens with one attached hydrogen (secondary N) is 1. The number of benzene rings is 1. The Balaban J connectivity index is 2.88. The van der Waals surface area contributed by atoms with Crippen molar-refractivity contribution in [2.24, 2.45) is 0 Å². The van der Waals surface area contributed by atoms with Crippen molar-refractivity contribution in [3.8, 4) is 0 Å². The van der Waals surface area contributed by atoms with Gasteiger partial charge in [-0.25, -0.2) is 4.39 Å². The van der Waals surface area contributed by atoms with Crippen LogP contribution in [0.15, 0.2) is 18.2 Å². The highest BCUT2D eigenvalue weighted by Crippen LogP contribution is 2.33. The van der Waals surface area contributed by atoms with E-state index in [0.717, 1.165) is 18.2 Å². The van der Waals surface area contributed by atoms with E-state index in [1.807, 2.05) is 0 Å².